The van der Waals surface area contributed by atoms with Crippen LogP contribution in [0.15, 0.2) is 47.9 Å². The fourth-order valence-corrected chi connectivity index (χ4v) is 3.87. The Morgan fingerprint density at radius 3 is 2.40 bits per heavy atom. The Hall–Kier alpha value is -3.92. The number of benzene rings is 2. The first-order chi connectivity index (χ1) is 14.5. The van der Waals surface area contributed by atoms with Crippen molar-refractivity contribution in [2.75, 3.05) is 14.2 Å². The maximum Gasteiger partial charge on any atom is 0.244 e. The maximum absolute atomic E-state index is 9.90. The van der Waals surface area contributed by atoms with E-state index in [1.165, 1.54) is 0 Å². The predicted molar refractivity (Wildman–Crippen MR) is 112 cm³/mol. The van der Waals surface area contributed by atoms with Crippen LogP contribution in [0.25, 0.3) is 11.3 Å². The van der Waals surface area contributed by atoms with Crippen molar-refractivity contribution in [3.8, 4) is 34.7 Å². The summed E-state index contributed by atoms with van der Waals surface area (Å²) in [6.45, 7) is 4.09. The summed E-state index contributed by atoms with van der Waals surface area (Å²) in [4.78, 5) is 0. The van der Waals surface area contributed by atoms with Crippen LogP contribution in [0.4, 0.5) is 0 Å². The zero-order valence-corrected chi connectivity index (χ0v) is 17.2. The Bertz CT molecular complexity index is 1180. The number of hydrogen-bond donors (Lipinski definition) is 2. The molecule has 1 aromatic heterocycles. The minimum Gasteiger partial charge on any atom is -0.497 e. The van der Waals surface area contributed by atoms with Gasteiger partial charge in [0, 0.05) is 11.6 Å². The summed E-state index contributed by atoms with van der Waals surface area (Å²) in [7, 11) is 3.17. The van der Waals surface area contributed by atoms with E-state index in [4.69, 9.17) is 19.9 Å². The van der Waals surface area contributed by atoms with E-state index in [0.717, 1.165) is 33.5 Å². The van der Waals surface area contributed by atoms with E-state index in [9.17, 15) is 5.26 Å². The van der Waals surface area contributed by atoms with Crippen LogP contribution in [-0.2, 0) is 0 Å². The lowest BCUT2D eigenvalue weighted by molar-refractivity contribution is 0.377. The minimum atomic E-state index is -0.489. The van der Waals surface area contributed by atoms with Crippen molar-refractivity contribution in [1.82, 2.24) is 10.2 Å². The number of aryl methyl sites for hydroxylation is 2. The van der Waals surface area contributed by atoms with Crippen molar-refractivity contribution in [1.29, 1.82) is 5.26 Å². The number of methoxy groups -OCH3 is 2. The molecular formula is C23H22N4O3. The van der Waals surface area contributed by atoms with Gasteiger partial charge in [-0.2, -0.15) is 5.26 Å². The van der Waals surface area contributed by atoms with Gasteiger partial charge >= 0.3 is 0 Å². The van der Waals surface area contributed by atoms with Crippen molar-refractivity contribution < 1.29 is 14.2 Å². The number of nitrogens with zero attached hydrogens (tertiary/aromatic N) is 2. The van der Waals surface area contributed by atoms with E-state index in [0.29, 0.717) is 23.0 Å². The molecule has 30 heavy (non-hydrogen) atoms. The van der Waals surface area contributed by atoms with Crippen molar-refractivity contribution in [3.63, 3.8) is 0 Å². The first kappa shape index (κ1) is 19.4. The molecule has 1 aliphatic rings. The highest BCUT2D eigenvalue weighted by Gasteiger charge is 2.36. The highest BCUT2D eigenvalue weighted by Crippen LogP contribution is 2.47. The number of H-pyrrole nitrogens is 1. The number of allylic oxidation sites excluding steroid dienone is 1. The Labute approximate surface area is 174 Å². The van der Waals surface area contributed by atoms with E-state index in [1.807, 2.05) is 38.1 Å². The molecule has 152 valence electrons. The first-order valence-electron chi connectivity index (χ1n) is 9.43. The largest absolute Gasteiger partial charge is 0.497 e. The molecule has 7 nitrogen and oxygen atoms in total. The number of rotatable bonds is 4. The molecule has 2 heterocycles. The van der Waals surface area contributed by atoms with E-state index in [2.05, 4.69) is 22.3 Å². The standard InChI is InChI=1S/C23H22N4O3/c1-12-5-6-17(13(2)7-12)21-20-19(14-8-15(28-3)10-16(9-14)29-4)18(11-24)22(25)30-23(20)27-26-21/h5-10,19H,25H2,1-4H3,(H,26,27)/t19-/m0/s1. The molecule has 2 aromatic carbocycles. The predicted octanol–water partition coefficient (Wildman–Crippen LogP) is 3.93. The fourth-order valence-electron chi connectivity index (χ4n) is 3.87. The van der Waals surface area contributed by atoms with Gasteiger partial charge in [0.15, 0.2) is 0 Å². The Morgan fingerprint density at radius 1 is 1.10 bits per heavy atom. The molecule has 0 amide bonds. The molecule has 0 bridgehead atoms. The second-order valence-electron chi connectivity index (χ2n) is 7.21. The van der Waals surface area contributed by atoms with Crippen LogP contribution in [0, 0.1) is 25.2 Å². The molecule has 3 aromatic rings. The number of aromatic amines is 1. The summed E-state index contributed by atoms with van der Waals surface area (Å²) >= 11 is 0. The SMILES string of the molecule is COc1cc(OC)cc([C@H]2C(C#N)=C(N)Oc3n[nH]c(-c4ccc(C)cc4C)c32)c1. The quantitative estimate of drug-likeness (QED) is 0.685. The summed E-state index contributed by atoms with van der Waals surface area (Å²) in [5.41, 5.74) is 12.0. The van der Waals surface area contributed by atoms with E-state index in [1.54, 1.807) is 20.3 Å². The van der Waals surface area contributed by atoms with Crippen molar-refractivity contribution >= 4 is 0 Å². The van der Waals surface area contributed by atoms with Gasteiger partial charge in [0.1, 0.15) is 23.1 Å². The molecule has 0 unspecified atom stereocenters. The van der Waals surface area contributed by atoms with Crippen LogP contribution in [0.1, 0.15) is 28.2 Å². The smallest absolute Gasteiger partial charge is 0.244 e. The van der Waals surface area contributed by atoms with Crippen molar-refractivity contribution in [2.45, 2.75) is 19.8 Å². The van der Waals surface area contributed by atoms with Crippen LogP contribution in [0.3, 0.4) is 0 Å². The van der Waals surface area contributed by atoms with Crippen molar-refractivity contribution in [3.05, 3.63) is 70.1 Å². The number of nitrogens with one attached hydrogen (secondary N) is 1. The third kappa shape index (κ3) is 3.12. The summed E-state index contributed by atoms with van der Waals surface area (Å²) in [6, 6.07) is 13.9. The fraction of sp³-hybridized carbons (Fsp3) is 0.217. The van der Waals surface area contributed by atoms with Gasteiger partial charge in [-0.1, -0.05) is 23.8 Å². The average Bonchev–Trinajstić information content (AvgIpc) is 3.15. The van der Waals surface area contributed by atoms with Gasteiger partial charge in [-0.05, 0) is 37.1 Å². The van der Waals surface area contributed by atoms with Gasteiger partial charge in [-0.25, -0.2) is 0 Å². The Balaban J connectivity index is 1.98. The van der Waals surface area contributed by atoms with Gasteiger partial charge in [0.05, 0.1) is 31.4 Å². The molecule has 0 saturated heterocycles. The van der Waals surface area contributed by atoms with Crippen LogP contribution in [0.5, 0.6) is 17.4 Å². The molecule has 0 aliphatic carbocycles. The zero-order chi connectivity index (χ0) is 21.4. The van der Waals surface area contributed by atoms with Gasteiger partial charge in [-0.15, -0.1) is 5.10 Å². The highest BCUT2D eigenvalue weighted by atomic mass is 16.5. The molecular weight excluding hydrogens is 380 g/mol. The number of nitriles is 1. The second kappa shape index (κ2) is 7.48. The molecule has 3 N–H and O–H groups in total. The molecule has 1 aliphatic heterocycles. The zero-order valence-electron chi connectivity index (χ0n) is 17.2. The van der Waals surface area contributed by atoms with Crippen molar-refractivity contribution in [2.24, 2.45) is 5.73 Å². The van der Waals surface area contributed by atoms with E-state index >= 15 is 0 Å². The van der Waals surface area contributed by atoms with Gasteiger partial charge in [0.2, 0.25) is 11.8 Å². The Kier molecular flexibility index (Phi) is 4.84. The second-order valence-corrected chi connectivity index (χ2v) is 7.21. The molecule has 0 saturated carbocycles. The molecule has 7 heteroatoms. The normalized spacial score (nSPS) is 15.2. The number of fused-ring (bicyclic) bond motifs is 1. The monoisotopic (exact) mass is 402 g/mol. The lowest BCUT2D eigenvalue weighted by Gasteiger charge is -2.25. The summed E-state index contributed by atoms with van der Waals surface area (Å²) in [5, 5.41) is 17.3. The van der Waals surface area contributed by atoms with Gasteiger partial charge < -0.3 is 19.9 Å². The molecule has 1 atom stereocenters. The maximum atomic E-state index is 9.90. The number of nitrogens with two attached hydrogens (primary N) is 1. The Morgan fingerprint density at radius 2 is 1.80 bits per heavy atom. The van der Waals surface area contributed by atoms with E-state index < -0.39 is 5.92 Å². The first-order valence-corrected chi connectivity index (χ1v) is 9.43. The molecule has 0 spiro atoms. The molecule has 0 radical (unpaired) electrons. The topological polar surface area (TPSA) is 106 Å². The lowest BCUT2D eigenvalue weighted by atomic mass is 9.82. The van der Waals surface area contributed by atoms with Crippen LogP contribution in [0.2, 0.25) is 0 Å². The number of ether oxygens (including phenoxy) is 3. The van der Waals surface area contributed by atoms with Gasteiger partial charge in [0.25, 0.3) is 0 Å². The average molecular weight is 402 g/mol. The van der Waals surface area contributed by atoms with Gasteiger partial charge in [-0.3, -0.25) is 5.10 Å². The van der Waals surface area contributed by atoms with Crippen LogP contribution >= 0.6 is 0 Å². The number of hydrogen-bond acceptors (Lipinski definition) is 6. The van der Waals surface area contributed by atoms with E-state index in [-0.39, 0.29) is 5.88 Å². The third-order valence-electron chi connectivity index (χ3n) is 5.30. The third-order valence-corrected chi connectivity index (χ3v) is 5.30. The molecule has 4 rings (SSSR count). The summed E-state index contributed by atoms with van der Waals surface area (Å²) < 4.78 is 16.6. The van der Waals surface area contributed by atoms with Crippen LogP contribution < -0.4 is 19.9 Å². The summed E-state index contributed by atoms with van der Waals surface area (Å²) in [6.07, 6.45) is 0. The lowest BCUT2D eigenvalue weighted by Crippen LogP contribution is -2.21. The number of aromatic nitrogens is 2. The minimum absolute atomic E-state index is 0.0375. The van der Waals surface area contributed by atoms with Crippen LogP contribution in [-0.4, -0.2) is 24.4 Å². The highest BCUT2D eigenvalue weighted by molar-refractivity contribution is 5.73. The summed E-state index contributed by atoms with van der Waals surface area (Å²) in [5.74, 6) is 1.13. The molecule has 0 fully saturated rings.